The highest BCUT2D eigenvalue weighted by Gasteiger charge is 2.39. The Labute approximate surface area is 148 Å². The maximum Gasteiger partial charge on any atom is 0.274 e. The van der Waals surface area contributed by atoms with Crippen molar-refractivity contribution in [3.05, 3.63) is 41.7 Å². The summed E-state index contributed by atoms with van der Waals surface area (Å²) >= 11 is 0. The van der Waals surface area contributed by atoms with Gasteiger partial charge in [0.1, 0.15) is 5.75 Å². The number of benzene rings is 1. The Hall–Kier alpha value is -2.34. The number of methoxy groups -OCH3 is 1. The number of aryl methyl sites for hydroxylation is 1. The summed E-state index contributed by atoms with van der Waals surface area (Å²) in [6.07, 6.45) is 1.71. The molecule has 1 fully saturated rings. The van der Waals surface area contributed by atoms with Gasteiger partial charge in [-0.3, -0.25) is 4.79 Å². The molecule has 0 radical (unpaired) electrons. The standard InChI is InChI=1S/C19H25N3O3/c1-13-12-16(18(23)21-11-5-6-17(21)19(2,3)24)20-22(13)14-7-9-15(25-4)10-8-14/h7-10,12,17,24H,5-6,11H2,1-4H3. The third kappa shape index (κ3) is 3.39. The van der Waals surface area contributed by atoms with E-state index in [4.69, 9.17) is 4.74 Å². The molecule has 25 heavy (non-hydrogen) atoms. The van der Waals surface area contributed by atoms with E-state index < -0.39 is 5.60 Å². The number of likely N-dealkylation sites (tertiary alicyclic amines) is 1. The molecule has 0 bridgehead atoms. The Bertz CT molecular complexity index is 759. The molecule has 0 aliphatic carbocycles. The van der Waals surface area contributed by atoms with Crippen molar-refractivity contribution in [3.63, 3.8) is 0 Å². The van der Waals surface area contributed by atoms with Crippen LogP contribution in [0.3, 0.4) is 0 Å². The zero-order chi connectivity index (χ0) is 18.2. The van der Waals surface area contributed by atoms with Crippen LogP contribution >= 0.6 is 0 Å². The number of aliphatic hydroxyl groups is 1. The van der Waals surface area contributed by atoms with Crippen LogP contribution in [-0.2, 0) is 0 Å². The van der Waals surface area contributed by atoms with Crippen molar-refractivity contribution < 1.29 is 14.6 Å². The summed E-state index contributed by atoms with van der Waals surface area (Å²) in [5.41, 5.74) is 1.24. The molecule has 1 unspecified atom stereocenters. The van der Waals surface area contributed by atoms with Crippen LogP contribution < -0.4 is 4.74 Å². The summed E-state index contributed by atoms with van der Waals surface area (Å²) in [7, 11) is 1.63. The molecule has 1 amide bonds. The van der Waals surface area contributed by atoms with Crippen molar-refractivity contribution in [3.8, 4) is 11.4 Å². The van der Waals surface area contributed by atoms with Crippen molar-refractivity contribution in [2.75, 3.05) is 13.7 Å². The lowest BCUT2D eigenvalue weighted by atomic mass is 9.96. The van der Waals surface area contributed by atoms with Gasteiger partial charge in [-0.05, 0) is 63.9 Å². The predicted molar refractivity (Wildman–Crippen MR) is 95.2 cm³/mol. The molecule has 1 aromatic heterocycles. The van der Waals surface area contributed by atoms with Crippen LogP contribution in [-0.4, -0.2) is 51.0 Å². The SMILES string of the molecule is COc1ccc(-n2nc(C(=O)N3CCCC3C(C)(C)O)cc2C)cc1. The molecule has 0 spiro atoms. The van der Waals surface area contributed by atoms with E-state index >= 15 is 0 Å². The topological polar surface area (TPSA) is 67.6 Å². The minimum Gasteiger partial charge on any atom is -0.497 e. The molecule has 1 aliphatic rings. The Kier molecular flexibility index (Phi) is 4.56. The van der Waals surface area contributed by atoms with Gasteiger partial charge in [-0.2, -0.15) is 5.10 Å². The van der Waals surface area contributed by atoms with Gasteiger partial charge in [0.05, 0.1) is 24.4 Å². The monoisotopic (exact) mass is 343 g/mol. The number of carbonyl (C=O) groups is 1. The third-order valence-electron chi connectivity index (χ3n) is 4.75. The van der Waals surface area contributed by atoms with Gasteiger partial charge < -0.3 is 14.7 Å². The van der Waals surface area contributed by atoms with Gasteiger partial charge in [0, 0.05) is 12.2 Å². The first kappa shape index (κ1) is 17.5. The maximum absolute atomic E-state index is 12.9. The number of amides is 1. The average molecular weight is 343 g/mol. The van der Waals surface area contributed by atoms with E-state index in [0.717, 1.165) is 30.0 Å². The normalized spacial score (nSPS) is 17.8. The average Bonchev–Trinajstić information content (AvgIpc) is 3.21. The fourth-order valence-corrected chi connectivity index (χ4v) is 3.46. The van der Waals surface area contributed by atoms with E-state index in [9.17, 15) is 9.90 Å². The molecule has 134 valence electrons. The lowest BCUT2D eigenvalue weighted by molar-refractivity contribution is 0.000103. The Morgan fingerprint density at radius 1 is 1.32 bits per heavy atom. The molecular formula is C19H25N3O3. The Morgan fingerprint density at radius 2 is 2.00 bits per heavy atom. The van der Waals surface area contributed by atoms with Crippen LogP contribution in [0, 0.1) is 6.92 Å². The Morgan fingerprint density at radius 3 is 2.60 bits per heavy atom. The lowest BCUT2D eigenvalue weighted by Crippen LogP contribution is -2.48. The van der Waals surface area contributed by atoms with Crippen LogP contribution in [0.4, 0.5) is 0 Å². The molecule has 0 saturated carbocycles. The van der Waals surface area contributed by atoms with E-state index in [1.165, 1.54) is 0 Å². The zero-order valence-electron chi connectivity index (χ0n) is 15.2. The van der Waals surface area contributed by atoms with Gasteiger partial charge in [0.15, 0.2) is 5.69 Å². The van der Waals surface area contributed by atoms with Gasteiger partial charge in [0.2, 0.25) is 0 Å². The summed E-state index contributed by atoms with van der Waals surface area (Å²) in [5.74, 6) is 0.648. The highest BCUT2D eigenvalue weighted by Crippen LogP contribution is 2.28. The molecule has 1 atom stereocenters. The quantitative estimate of drug-likeness (QED) is 0.926. The number of nitrogens with zero attached hydrogens (tertiary/aromatic N) is 3. The van der Waals surface area contributed by atoms with Crippen molar-refractivity contribution in [2.24, 2.45) is 0 Å². The lowest BCUT2D eigenvalue weighted by Gasteiger charge is -2.33. The van der Waals surface area contributed by atoms with Gasteiger partial charge >= 0.3 is 0 Å². The van der Waals surface area contributed by atoms with Gasteiger partial charge in [-0.1, -0.05) is 0 Å². The molecule has 1 aliphatic heterocycles. The molecular weight excluding hydrogens is 318 g/mol. The number of hydrogen-bond acceptors (Lipinski definition) is 4. The zero-order valence-corrected chi connectivity index (χ0v) is 15.2. The first-order chi connectivity index (χ1) is 11.8. The first-order valence-electron chi connectivity index (χ1n) is 8.55. The van der Waals surface area contributed by atoms with Crippen LogP contribution in [0.2, 0.25) is 0 Å². The molecule has 6 heteroatoms. The molecule has 1 saturated heterocycles. The summed E-state index contributed by atoms with van der Waals surface area (Å²) in [4.78, 5) is 14.7. The van der Waals surface area contributed by atoms with Gasteiger partial charge in [-0.15, -0.1) is 0 Å². The van der Waals surface area contributed by atoms with E-state index in [0.29, 0.717) is 12.2 Å². The predicted octanol–water partition coefficient (Wildman–Crippen LogP) is 2.56. The third-order valence-corrected chi connectivity index (χ3v) is 4.75. The summed E-state index contributed by atoms with van der Waals surface area (Å²) in [6, 6.07) is 9.16. The van der Waals surface area contributed by atoms with E-state index in [1.54, 1.807) is 36.6 Å². The molecule has 6 nitrogen and oxygen atoms in total. The fraction of sp³-hybridized carbons (Fsp3) is 0.474. The minimum atomic E-state index is -0.917. The second-order valence-electron chi connectivity index (χ2n) is 7.09. The van der Waals surface area contributed by atoms with E-state index in [-0.39, 0.29) is 11.9 Å². The van der Waals surface area contributed by atoms with Crippen molar-refractivity contribution in [2.45, 2.75) is 45.3 Å². The molecule has 2 aromatic rings. The van der Waals surface area contributed by atoms with Crippen LogP contribution in [0.25, 0.3) is 5.69 Å². The number of ether oxygens (including phenoxy) is 1. The van der Waals surface area contributed by atoms with Crippen LogP contribution in [0.1, 0.15) is 42.9 Å². The van der Waals surface area contributed by atoms with Crippen molar-refractivity contribution >= 4 is 5.91 Å². The largest absolute Gasteiger partial charge is 0.497 e. The van der Waals surface area contributed by atoms with Gasteiger partial charge in [0.25, 0.3) is 5.91 Å². The summed E-state index contributed by atoms with van der Waals surface area (Å²) in [6.45, 7) is 6.09. The number of aromatic nitrogens is 2. The number of hydrogen-bond donors (Lipinski definition) is 1. The molecule has 3 rings (SSSR count). The van der Waals surface area contributed by atoms with Crippen molar-refractivity contribution in [1.29, 1.82) is 0 Å². The van der Waals surface area contributed by atoms with Crippen LogP contribution in [0.5, 0.6) is 5.75 Å². The summed E-state index contributed by atoms with van der Waals surface area (Å²) in [5, 5.41) is 14.8. The second-order valence-corrected chi connectivity index (χ2v) is 7.09. The minimum absolute atomic E-state index is 0.125. The smallest absolute Gasteiger partial charge is 0.274 e. The highest BCUT2D eigenvalue weighted by atomic mass is 16.5. The van der Waals surface area contributed by atoms with Gasteiger partial charge in [-0.25, -0.2) is 4.68 Å². The number of carbonyl (C=O) groups excluding carboxylic acids is 1. The van der Waals surface area contributed by atoms with Crippen LogP contribution in [0.15, 0.2) is 30.3 Å². The molecule has 1 N–H and O–H groups in total. The van der Waals surface area contributed by atoms with Crippen molar-refractivity contribution in [1.82, 2.24) is 14.7 Å². The fourth-order valence-electron chi connectivity index (χ4n) is 3.46. The Balaban J connectivity index is 1.87. The summed E-state index contributed by atoms with van der Waals surface area (Å²) < 4.78 is 6.93. The first-order valence-corrected chi connectivity index (χ1v) is 8.55. The van der Waals surface area contributed by atoms with E-state index in [2.05, 4.69) is 5.10 Å². The molecule has 2 heterocycles. The molecule has 1 aromatic carbocycles. The van der Waals surface area contributed by atoms with E-state index in [1.807, 2.05) is 31.2 Å². The maximum atomic E-state index is 12.9. The number of rotatable bonds is 4. The second kappa shape index (κ2) is 6.52. The highest BCUT2D eigenvalue weighted by molar-refractivity contribution is 5.93.